The van der Waals surface area contributed by atoms with Crippen molar-refractivity contribution in [2.75, 3.05) is 44.2 Å². The number of hydrogen-bond acceptors (Lipinski definition) is 7. The largest absolute Gasteiger partial charge is 0.455 e. The summed E-state index contributed by atoms with van der Waals surface area (Å²) in [6, 6.07) is 5.71. The van der Waals surface area contributed by atoms with E-state index in [1.165, 1.54) is 0 Å². The summed E-state index contributed by atoms with van der Waals surface area (Å²) in [7, 11) is 0. The van der Waals surface area contributed by atoms with Gasteiger partial charge in [0.05, 0.1) is 5.75 Å². The maximum atomic E-state index is 12.2. The molecule has 0 saturated carbocycles. The van der Waals surface area contributed by atoms with Crippen LogP contribution in [-0.4, -0.2) is 60.0 Å². The molecule has 0 radical (unpaired) electrons. The fourth-order valence-corrected chi connectivity index (χ4v) is 4.10. The van der Waals surface area contributed by atoms with Gasteiger partial charge in [0.2, 0.25) is 0 Å². The summed E-state index contributed by atoms with van der Waals surface area (Å²) in [4.78, 5) is 26.6. The third-order valence-corrected chi connectivity index (χ3v) is 6.22. The van der Waals surface area contributed by atoms with Crippen LogP contribution in [0.3, 0.4) is 0 Å². The SMILES string of the molecule is CCN1CCN(c2cc(C(C)C)nc(SCc3ccc(C(=O)NCC(C)C)o3)n2)CC1. The van der Waals surface area contributed by atoms with E-state index in [-0.39, 0.29) is 5.91 Å². The summed E-state index contributed by atoms with van der Waals surface area (Å²) in [5, 5.41) is 3.63. The monoisotopic (exact) mass is 445 g/mol. The molecule has 0 aromatic carbocycles. The maximum absolute atomic E-state index is 12.2. The van der Waals surface area contributed by atoms with Crippen molar-refractivity contribution in [3.63, 3.8) is 0 Å². The molecule has 2 aromatic rings. The van der Waals surface area contributed by atoms with Crippen molar-refractivity contribution in [1.29, 1.82) is 0 Å². The van der Waals surface area contributed by atoms with Crippen LogP contribution >= 0.6 is 11.8 Å². The highest BCUT2D eigenvalue weighted by atomic mass is 32.2. The molecule has 31 heavy (non-hydrogen) atoms. The zero-order chi connectivity index (χ0) is 22.4. The Balaban J connectivity index is 1.66. The lowest BCUT2D eigenvalue weighted by atomic mass is 10.1. The van der Waals surface area contributed by atoms with Gasteiger partial charge >= 0.3 is 0 Å². The van der Waals surface area contributed by atoms with E-state index in [0.717, 1.165) is 55.2 Å². The Hall–Kier alpha value is -2.06. The first-order valence-corrected chi connectivity index (χ1v) is 12.2. The summed E-state index contributed by atoms with van der Waals surface area (Å²) >= 11 is 1.55. The summed E-state index contributed by atoms with van der Waals surface area (Å²) < 4.78 is 5.74. The molecular formula is C23H35N5O2S. The van der Waals surface area contributed by atoms with Crippen LogP contribution < -0.4 is 10.2 Å². The number of carbonyl (C=O) groups is 1. The minimum atomic E-state index is -0.170. The lowest BCUT2D eigenvalue weighted by Crippen LogP contribution is -2.46. The number of anilines is 1. The highest BCUT2D eigenvalue weighted by Gasteiger charge is 2.19. The van der Waals surface area contributed by atoms with E-state index < -0.39 is 0 Å². The van der Waals surface area contributed by atoms with Crippen LogP contribution in [0.1, 0.15) is 62.5 Å². The zero-order valence-electron chi connectivity index (χ0n) is 19.4. The predicted molar refractivity (Wildman–Crippen MR) is 126 cm³/mol. The third kappa shape index (κ3) is 6.71. The average molecular weight is 446 g/mol. The molecule has 170 valence electrons. The van der Waals surface area contributed by atoms with Crippen molar-refractivity contribution < 1.29 is 9.21 Å². The molecule has 2 aromatic heterocycles. The van der Waals surface area contributed by atoms with Crippen LogP contribution in [0.4, 0.5) is 5.82 Å². The van der Waals surface area contributed by atoms with Gasteiger partial charge in [-0.3, -0.25) is 4.79 Å². The molecule has 0 spiro atoms. The first kappa shape index (κ1) is 23.6. The number of amides is 1. The number of thioether (sulfide) groups is 1. The van der Waals surface area contributed by atoms with Gasteiger partial charge in [-0.1, -0.05) is 46.4 Å². The van der Waals surface area contributed by atoms with Gasteiger partial charge < -0.3 is 19.5 Å². The highest BCUT2D eigenvalue weighted by Crippen LogP contribution is 2.26. The number of hydrogen-bond donors (Lipinski definition) is 1. The van der Waals surface area contributed by atoms with E-state index >= 15 is 0 Å². The van der Waals surface area contributed by atoms with E-state index in [2.05, 4.69) is 55.8 Å². The van der Waals surface area contributed by atoms with Crippen LogP contribution in [0.2, 0.25) is 0 Å². The van der Waals surface area contributed by atoms with Crippen molar-refractivity contribution in [2.45, 2.75) is 51.4 Å². The van der Waals surface area contributed by atoms with E-state index in [4.69, 9.17) is 14.4 Å². The molecule has 0 bridgehead atoms. The minimum absolute atomic E-state index is 0.170. The smallest absolute Gasteiger partial charge is 0.287 e. The van der Waals surface area contributed by atoms with Gasteiger partial charge in [0.1, 0.15) is 11.6 Å². The number of rotatable bonds is 9. The number of carbonyl (C=O) groups excluding carboxylic acids is 1. The lowest BCUT2D eigenvalue weighted by Gasteiger charge is -2.35. The standard InChI is InChI=1S/C23H35N5O2S/c1-6-27-9-11-28(12-10-27)21-13-19(17(4)5)25-23(26-21)31-15-18-7-8-20(30-18)22(29)24-14-16(2)3/h7-8,13,16-17H,6,9-12,14-15H2,1-5H3,(H,24,29). The molecule has 1 N–H and O–H groups in total. The van der Waals surface area contributed by atoms with Gasteiger partial charge in [0.25, 0.3) is 5.91 Å². The summed E-state index contributed by atoms with van der Waals surface area (Å²) in [6.07, 6.45) is 0. The molecular weight excluding hydrogens is 410 g/mol. The average Bonchev–Trinajstić information content (AvgIpc) is 3.25. The fraction of sp³-hybridized carbons (Fsp3) is 0.609. The summed E-state index contributed by atoms with van der Waals surface area (Å²) in [6.45, 7) is 16.5. The van der Waals surface area contributed by atoms with Crippen molar-refractivity contribution in [3.05, 3.63) is 35.4 Å². The molecule has 1 aliphatic heterocycles. The number of piperazine rings is 1. The molecule has 0 unspecified atom stereocenters. The van der Waals surface area contributed by atoms with Gasteiger partial charge in [-0.25, -0.2) is 9.97 Å². The zero-order valence-corrected chi connectivity index (χ0v) is 20.2. The molecule has 0 atom stereocenters. The minimum Gasteiger partial charge on any atom is -0.455 e. The predicted octanol–water partition coefficient (Wildman–Crippen LogP) is 4.01. The fourth-order valence-electron chi connectivity index (χ4n) is 3.34. The van der Waals surface area contributed by atoms with E-state index in [0.29, 0.717) is 29.9 Å². The summed E-state index contributed by atoms with van der Waals surface area (Å²) in [5.74, 6) is 3.25. The van der Waals surface area contributed by atoms with Gasteiger partial charge in [-0.2, -0.15) is 0 Å². The third-order valence-electron chi connectivity index (χ3n) is 5.35. The Bertz CT molecular complexity index is 859. The lowest BCUT2D eigenvalue weighted by molar-refractivity contribution is 0.0920. The number of nitrogens with zero attached hydrogens (tertiary/aromatic N) is 4. The van der Waals surface area contributed by atoms with E-state index in [9.17, 15) is 4.79 Å². The van der Waals surface area contributed by atoms with Crippen molar-refractivity contribution in [1.82, 2.24) is 20.2 Å². The molecule has 8 heteroatoms. The molecule has 1 aliphatic rings. The first-order valence-electron chi connectivity index (χ1n) is 11.2. The van der Waals surface area contributed by atoms with Gasteiger partial charge in [-0.05, 0) is 30.5 Å². The Labute approximate surface area is 190 Å². The molecule has 7 nitrogen and oxygen atoms in total. The van der Waals surface area contributed by atoms with E-state index in [1.807, 2.05) is 6.07 Å². The van der Waals surface area contributed by atoms with Crippen LogP contribution in [-0.2, 0) is 5.75 Å². The second-order valence-electron chi connectivity index (χ2n) is 8.67. The first-order chi connectivity index (χ1) is 14.9. The highest BCUT2D eigenvalue weighted by molar-refractivity contribution is 7.98. The molecule has 3 rings (SSSR count). The molecule has 1 fully saturated rings. The molecule has 1 saturated heterocycles. The van der Waals surface area contributed by atoms with Crippen LogP contribution in [0.25, 0.3) is 0 Å². The number of nitrogens with one attached hydrogen (secondary N) is 1. The second kappa shape index (κ2) is 11.0. The summed E-state index contributed by atoms with van der Waals surface area (Å²) in [5.41, 5.74) is 1.05. The van der Waals surface area contributed by atoms with Crippen LogP contribution in [0.5, 0.6) is 0 Å². The van der Waals surface area contributed by atoms with E-state index in [1.54, 1.807) is 17.8 Å². The molecule has 0 aliphatic carbocycles. The Morgan fingerprint density at radius 2 is 1.90 bits per heavy atom. The quantitative estimate of drug-likeness (QED) is 0.462. The van der Waals surface area contributed by atoms with Gasteiger partial charge in [0.15, 0.2) is 10.9 Å². The van der Waals surface area contributed by atoms with Gasteiger partial charge in [0, 0.05) is 44.5 Å². The Morgan fingerprint density at radius 1 is 1.16 bits per heavy atom. The normalized spacial score (nSPS) is 15.1. The number of likely N-dealkylation sites (N-methyl/N-ethyl adjacent to an activating group) is 1. The maximum Gasteiger partial charge on any atom is 0.287 e. The Morgan fingerprint density at radius 3 is 2.55 bits per heavy atom. The van der Waals surface area contributed by atoms with Crippen LogP contribution in [0, 0.1) is 5.92 Å². The van der Waals surface area contributed by atoms with Crippen molar-refractivity contribution in [2.24, 2.45) is 5.92 Å². The topological polar surface area (TPSA) is 74.5 Å². The second-order valence-corrected chi connectivity index (χ2v) is 9.61. The van der Waals surface area contributed by atoms with Gasteiger partial charge in [-0.15, -0.1) is 0 Å². The number of aromatic nitrogens is 2. The molecule has 1 amide bonds. The van der Waals surface area contributed by atoms with Crippen molar-refractivity contribution >= 4 is 23.5 Å². The number of furan rings is 1. The van der Waals surface area contributed by atoms with Crippen molar-refractivity contribution in [3.8, 4) is 0 Å². The molecule has 3 heterocycles. The van der Waals surface area contributed by atoms with Crippen LogP contribution in [0.15, 0.2) is 27.8 Å². The Kier molecular flexibility index (Phi) is 8.37.